The molecular weight excluding hydrogens is 1190 g/mol. The Morgan fingerprint density at radius 1 is 0.276 bits per heavy atom. The Morgan fingerprint density at radius 3 is 1.04 bits per heavy atom. The van der Waals surface area contributed by atoms with Crippen molar-refractivity contribution in [2.75, 3.05) is 14.7 Å². The van der Waals surface area contributed by atoms with Crippen LogP contribution in [0, 0.1) is 34.0 Å². The third kappa shape index (κ3) is 9.71. The van der Waals surface area contributed by atoms with Crippen LogP contribution in [0.5, 0.6) is 11.5 Å². The third-order valence-electron chi connectivity index (χ3n) is 20.3. The first-order valence-corrected chi connectivity index (χ1v) is 33.5. The van der Waals surface area contributed by atoms with E-state index in [1.54, 1.807) is 0 Å². The van der Waals surface area contributed by atoms with Crippen LogP contribution in [-0.2, 0) is 10.8 Å². The normalized spacial score (nSPS) is 12.9. The molecule has 0 saturated heterocycles. The molecule has 0 atom stereocenters. The Kier molecular flexibility index (Phi) is 13.9. The minimum absolute atomic E-state index is 0.306. The van der Waals surface area contributed by atoms with Crippen LogP contribution in [0.15, 0.2) is 279 Å². The van der Waals surface area contributed by atoms with Crippen molar-refractivity contribution in [1.29, 1.82) is 15.8 Å². The Labute approximate surface area is 573 Å². The SMILES string of the molecule is CC(C)(C)c1cc2c3c(c1)N(c1ccc(C#N)cc1-c1ccccc1)c1cc4c(cc1B3c1ccc(-c3ccccc3)cc1O2)B1c2ccc(-c3ccccc3)cc2N(c2ccc(C#N)cc2-c2ccccc2)c2cc(C(C)(C)C)cc(c21)N4c1ccc(C#N)cc1-c1ccccc1. The van der Waals surface area contributed by atoms with Crippen molar-refractivity contribution < 1.29 is 4.74 Å². The molecule has 98 heavy (non-hydrogen) atoms. The first-order chi connectivity index (χ1) is 47.7. The van der Waals surface area contributed by atoms with E-state index in [2.05, 4.69) is 299 Å². The number of ether oxygens (including phenoxy) is 1. The molecule has 13 aromatic carbocycles. The van der Waals surface area contributed by atoms with Gasteiger partial charge in [-0.1, -0.05) is 224 Å². The Bertz CT molecular complexity index is 5570. The first-order valence-electron chi connectivity index (χ1n) is 33.5. The molecule has 4 heterocycles. The van der Waals surface area contributed by atoms with Crippen molar-refractivity contribution in [3.63, 3.8) is 0 Å². The molecule has 0 radical (unpaired) electrons. The van der Waals surface area contributed by atoms with Gasteiger partial charge in [0.1, 0.15) is 11.5 Å². The molecule has 0 amide bonds. The maximum Gasteiger partial charge on any atom is 0.256 e. The largest absolute Gasteiger partial charge is 0.458 e. The summed E-state index contributed by atoms with van der Waals surface area (Å²) in [6.07, 6.45) is 0. The number of hydrogen-bond acceptors (Lipinski definition) is 7. The molecule has 4 aliphatic rings. The van der Waals surface area contributed by atoms with Gasteiger partial charge in [-0.25, -0.2) is 0 Å². The van der Waals surface area contributed by atoms with Crippen molar-refractivity contribution >= 4 is 97.4 Å². The minimum atomic E-state index is -0.371. The van der Waals surface area contributed by atoms with Crippen LogP contribution in [0.4, 0.5) is 51.2 Å². The lowest BCUT2D eigenvalue weighted by Gasteiger charge is -2.47. The van der Waals surface area contributed by atoms with Gasteiger partial charge in [0.15, 0.2) is 0 Å². The van der Waals surface area contributed by atoms with Gasteiger partial charge in [0.05, 0.1) is 52.0 Å². The standard InChI is InChI=1S/C89H64B2N6O/c1-88(2,3)66-47-81-86-82(48-66)96(76-40-33-57(54-93)43-69(76)62-28-18-10-19-29-62)79-52-80-74(51-73(79)90(86)71-37-35-64(59-22-12-7-13-23-59)45-78(71)95(81)75-39-32-56(53-92)42-68(75)61-26-16-9-17-27-61)91-72-38-36-65(60-24-14-8-15-25-60)46-84(72)98-85-50-67(89(4,5)6)49-83(87(85)91)97(80)77-41-34-58(55-94)44-70(77)63-30-20-11-21-31-63/h7-52H,1-6H3. The summed E-state index contributed by atoms with van der Waals surface area (Å²) < 4.78 is 7.47. The van der Waals surface area contributed by atoms with Gasteiger partial charge in [-0.05, 0) is 191 Å². The molecule has 0 saturated carbocycles. The minimum Gasteiger partial charge on any atom is -0.458 e. The maximum atomic E-state index is 10.9. The summed E-state index contributed by atoms with van der Waals surface area (Å²) in [5.74, 6) is 1.61. The van der Waals surface area contributed by atoms with Crippen molar-refractivity contribution in [1.82, 2.24) is 0 Å². The lowest BCUT2D eigenvalue weighted by atomic mass is 9.30. The van der Waals surface area contributed by atoms with Crippen LogP contribution < -0.4 is 52.2 Å². The van der Waals surface area contributed by atoms with E-state index in [0.717, 1.165) is 162 Å². The summed E-state index contributed by atoms with van der Waals surface area (Å²) in [6.45, 7) is 13.0. The fraction of sp³-hybridized carbons (Fsp3) is 0.0899. The number of nitrogens with zero attached hydrogens (tertiary/aromatic N) is 6. The summed E-state index contributed by atoms with van der Waals surface area (Å²) in [4.78, 5) is 7.46. The van der Waals surface area contributed by atoms with Gasteiger partial charge in [-0.2, -0.15) is 15.8 Å². The molecule has 7 nitrogen and oxygen atoms in total. The molecule has 462 valence electrons. The molecule has 4 aliphatic heterocycles. The van der Waals surface area contributed by atoms with E-state index < -0.39 is 0 Å². The summed E-state index contributed by atoms with van der Waals surface area (Å²) in [6, 6.07) is 107. The quantitative estimate of drug-likeness (QED) is 0.140. The number of anilines is 9. The molecule has 0 aliphatic carbocycles. The number of rotatable bonds is 8. The second-order valence-electron chi connectivity index (χ2n) is 28.2. The highest BCUT2D eigenvalue weighted by Crippen LogP contribution is 2.53. The zero-order chi connectivity index (χ0) is 66.7. The van der Waals surface area contributed by atoms with Crippen LogP contribution in [0.2, 0.25) is 0 Å². The zero-order valence-electron chi connectivity index (χ0n) is 55.3. The Morgan fingerprint density at radius 2 is 0.633 bits per heavy atom. The highest BCUT2D eigenvalue weighted by Gasteiger charge is 2.49. The van der Waals surface area contributed by atoms with Crippen molar-refractivity contribution in [2.24, 2.45) is 0 Å². The Balaban J connectivity index is 1.05. The van der Waals surface area contributed by atoms with Crippen LogP contribution in [-0.4, -0.2) is 13.4 Å². The topological polar surface area (TPSA) is 90.3 Å². The van der Waals surface area contributed by atoms with Crippen LogP contribution in [0.25, 0.3) is 55.6 Å². The number of nitriles is 3. The third-order valence-corrected chi connectivity index (χ3v) is 20.3. The molecule has 0 N–H and O–H groups in total. The van der Waals surface area contributed by atoms with Crippen molar-refractivity contribution in [2.45, 2.75) is 52.4 Å². The van der Waals surface area contributed by atoms with Crippen LogP contribution in [0.3, 0.4) is 0 Å². The summed E-state index contributed by atoms with van der Waals surface area (Å²) in [5.41, 5.74) is 28.7. The molecule has 0 fully saturated rings. The van der Waals surface area contributed by atoms with E-state index in [1.807, 2.05) is 54.6 Å². The zero-order valence-corrected chi connectivity index (χ0v) is 55.3. The fourth-order valence-electron chi connectivity index (χ4n) is 15.4. The van der Waals surface area contributed by atoms with Crippen LogP contribution in [0.1, 0.15) is 69.4 Å². The summed E-state index contributed by atoms with van der Waals surface area (Å²) in [7, 11) is 0. The predicted molar refractivity (Wildman–Crippen MR) is 405 cm³/mol. The van der Waals surface area contributed by atoms with Gasteiger partial charge in [-0.3, -0.25) is 0 Å². The molecule has 0 unspecified atom stereocenters. The predicted octanol–water partition coefficient (Wildman–Crippen LogP) is 18.7. The average molecular weight is 1260 g/mol. The van der Waals surface area contributed by atoms with Gasteiger partial charge < -0.3 is 19.4 Å². The van der Waals surface area contributed by atoms with Gasteiger partial charge in [0, 0.05) is 50.8 Å². The molecular formula is C89H64B2N6O. The van der Waals surface area contributed by atoms with E-state index in [4.69, 9.17) is 4.74 Å². The Hall–Kier alpha value is -12.3. The average Bonchev–Trinajstić information content (AvgIpc) is 0.684. The van der Waals surface area contributed by atoms with E-state index in [-0.39, 0.29) is 24.3 Å². The first kappa shape index (κ1) is 59.4. The lowest BCUT2D eigenvalue weighted by molar-refractivity contribution is 0.483. The molecule has 0 bridgehead atoms. The van der Waals surface area contributed by atoms with Crippen LogP contribution >= 0.6 is 0 Å². The molecule has 0 aromatic heterocycles. The molecule has 0 spiro atoms. The second-order valence-corrected chi connectivity index (χ2v) is 28.2. The maximum absolute atomic E-state index is 10.9. The van der Waals surface area contributed by atoms with Gasteiger partial charge in [0.25, 0.3) is 13.4 Å². The van der Waals surface area contributed by atoms with E-state index in [0.29, 0.717) is 16.7 Å². The molecule has 9 heteroatoms. The highest BCUT2D eigenvalue weighted by atomic mass is 16.5. The van der Waals surface area contributed by atoms with Crippen molar-refractivity contribution in [3.05, 3.63) is 307 Å². The highest BCUT2D eigenvalue weighted by molar-refractivity contribution is 7.02. The summed E-state index contributed by atoms with van der Waals surface area (Å²) in [5, 5.41) is 32.4. The second kappa shape index (κ2) is 23.0. The molecule has 17 rings (SSSR count). The number of hydrogen-bond donors (Lipinski definition) is 0. The fourth-order valence-corrected chi connectivity index (χ4v) is 15.4. The molecule has 13 aromatic rings. The van der Waals surface area contributed by atoms with E-state index in [1.165, 1.54) is 0 Å². The van der Waals surface area contributed by atoms with E-state index >= 15 is 0 Å². The van der Waals surface area contributed by atoms with Gasteiger partial charge in [-0.15, -0.1) is 0 Å². The lowest BCUT2D eigenvalue weighted by Crippen LogP contribution is -2.64. The van der Waals surface area contributed by atoms with Gasteiger partial charge >= 0.3 is 0 Å². The number of benzene rings is 13. The van der Waals surface area contributed by atoms with E-state index in [9.17, 15) is 15.8 Å². The van der Waals surface area contributed by atoms with Crippen molar-refractivity contribution in [3.8, 4) is 85.3 Å². The van der Waals surface area contributed by atoms with Gasteiger partial charge in [0.2, 0.25) is 0 Å². The number of fused-ring (bicyclic) bond motifs is 8. The smallest absolute Gasteiger partial charge is 0.256 e. The summed E-state index contributed by atoms with van der Waals surface area (Å²) >= 11 is 0. The monoisotopic (exact) mass is 1250 g/mol.